The summed E-state index contributed by atoms with van der Waals surface area (Å²) in [6, 6.07) is 7.34. The van der Waals surface area contributed by atoms with Gasteiger partial charge in [0.1, 0.15) is 23.2 Å². The van der Waals surface area contributed by atoms with Crippen molar-refractivity contribution in [1.82, 2.24) is 9.97 Å². The molecule has 0 saturated heterocycles. The summed E-state index contributed by atoms with van der Waals surface area (Å²) < 4.78 is 12.9. The van der Waals surface area contributed by atoms with Gasteiger partial charge in [0.2, 0.25) is 0 Å². The molecule has 1 heterocycles. The predicted molar refractivity (Wildman–Crippen MR) is 93.9 cm³/mol. The Balaban J connectivity index is 2.22. The molecule has 1 N–H and O–H groups in total. The van der Waals surface area contributed by atoms with E-state index < -0.39 is 0 Å². The van der Waals surface area contributed by atoms with Gasteiger partial charge in [0, 0.05) is 24.8 Å². The van der Waals surface area contributed by atoms with Crippen LogP contribution in [-0.2, 0) is 0 Å². The number of halogens is 1. The molecule has 2 aromatic rings. The van der Waals surface area contributed by atoms with E-state index in [1.807, 2.05) is 0 Å². The van der Waals surface area contributed by atoms with Gasteiger partial charge in [-0.05, 0) is 44.0 Å². The van der Waals surface area contributed by atoms with Crippen LogP contribution in [0.5, 0.6) is 0 Å². The third-order valence-corrected chi connectivity index (χ3v) is 3.47. The summed E-state index contributed by atoms with van der Waals surface area (Å²) in [7, 11) is 0. The highest BCUT2D eigenvalue weighted by atomic mass is 19.1. The van der Waals surface area contributed by atoms with Crippen molar-refractivity contribution in [2.75, 3.05) is 23.3 Å². The van der Waals surface area contributed by atoms with Crippen molar-refractivity contribution in [2.45, 2.75) is 33.6 Å². The average molecular weight is 330 g/mol. The first kappa shape index (κ1) is 17.8. The summed E-state index contributed by atoms with van der Waals surface area (Å²) in [5.41, 5.74) is 0.831. The minimum Gasteiger partial charge on any atom is -0.357 e. The second-order valence-corrected chi connectivity index (χ2v) is 5.61. The van der Waals surface area contributed by atoms with E-state index in [0.29, 0.717) is 17.2 Å². The Labute approximate surface area is 141 Å². The van der Waals surface area contributed by atoms with Crippen molar-refractivity contribution in [2.24, 2.45) is 0 Å². The Bertz CT molecular complexity index is 682. The highest BCUT2D eigenvalue weighted by molar-refractivity contribution is 6.03. The molecule has 0 aliphatic heterocycles. The van der Waals surface area contributed by atoms with Gasteiger partial charge in [0.05, 0.1) is 0 Å². The zero-order valence-corrected chi connectivity index (χ0v) is 14.3. The Morgan fingerprint density at radius 3 is 2.33 bits per heavy atom. The minimum absolute atomic E-state index is 0.305. The number of hydrogen-bond donors (Lipinski definition) is 1. The van der Waals surface area contributed by atoms with E-state index in [-0.39, 0.29) is 11.7 Å². The molecule has 24 heavy (non-hydrogen) atoms. The highest BCUT2D eigenvalue weighted by Gasteiger charge is 2.14. The van der Waals surface area contributed by atoms with Crippen LogP contribution in [0.4, 0.5) is 15.9 Å². The van der Waals surface area contributed by atoms with E-state index in [0.717, 1.165) is 31.7 Å². The van der Waals surface area contributed by atoms with Crippen molar-refractivity contribution in [1.29, 1.82) is 0 Å². The molecule has 0 unspecified atom stereocenters. The second-order valence-electron chi connectivity index (χ2n) is 5.61. The molecule has 6 heteroatoms. The lowest BCUT2D eigenvalue weighted by Crippen LogP contribution is -2.27. The standard InChI is InChI=1S/C18H23FN4O/c1-4-10-23(11-5-2)17-12-16(20-13(3)21-17)18(24)22-15-8-6-14(19)7-9-15/h6-9,12H,4-5,10-11H2,1-3H3,(H,22,24). The molecule has 0 saturated carbocycles. The monoisotopic (exact) mass is 330 g/mol. The number of hydrogen-bond acceptors (Lipinski definition) is 4. The quantitative estimate of drug-likeness (QED) is 0.839. The third kappa shape index (κ3) is 4.75. The first-order chi connectivity index (χ1) is 11.5. The number of carbonyl (C=O) groups is 1. The lowest BCUT2D eigenvalue weighted by molar-refractivity contribution is 0.102. The maximum atomic E-state index is 12.9. The van der Waals surface area contributed by atoms with E-state index in [4.69, 9.17) is 0 Å². The van der Waals surface area contributed by atoms with Crippen molar-refractivity contribution in [3.8, 4) is 0 Å². The van der Waals surface area contributed by atoms with Gasteiger partial charge < -0.3 is 10.2 Å². The molecule has 0 atom stereocenters. The average Bonchev–Trinajstić information content (AvgIpc) is 2.56. The molecule has 0 aliphatic rings. The van der Waals surface area contributed by atoms with Gasteiger partial charge in [-0.2, -0.15) is 0 Å². The molecule has 2 rings (SSSR count). The van der Waals surface area contributed by atoms with Gasteiger partial charge in [-0.1, -0.05) is 13.8 Å². The minimum atomic E-state index is -0.345. The van der Waals surface area contributed by atoms with E-state index in [2.05, 4.69) is 34.0 Å². The SMILES string of the molecule is CCCN(CCC)c1cc(C(=O)Nc2ccc(F)cc2)nc(C)n1. The molecule has 0 fully saturated rings. The summed E-state index contributed by atoms with van der Waals surface area (Å²) in [6.45, 7) is 7.75. The summed E-state index contributed by atoms with van der Waals surface area (Å²) in [5, 5.41) is 2.73. The van der Waals surface area contributed by atoms with Crippen molar-refractivity contribution in [3.63, 3.8) is 0 Å². The fraction of sp³-hybridized carbons (Fsp3) is 0.389. The Kier molecular flexibility index (Phi) is 6.23. The molecule has 0 spiro atoms. The van der Waals surface area contributed by atoms with Gasteiger partial charge in [-0.3, -0.25) is 4.79 Å². The molecule has 128 valence electrons. The number of anilines is 2. The molecule has 0 aliphatic carbocycles. The fourth-order valence-electron chi connectivity index (χ4n) is 2.44. The van der Waals surface area contributed by atoms with E-state index in [1.54, 1.807) is 13.0 Å². The van der Waals surface area contributed by atoms with Gasteiger partial charge in [-0.15, -0.1) is 0 Å². The Morgan fingerprint density at radius 2 is 1.75 bits per heavy atom. The van der Waals surface area contributed by atoms with Gasteiger partial charge >= 0.3 is 0 Å². The molecule has 1 aromatic heterocycles. The number of aromatic nitrogens is 2. The van der Waals surface area contributed by atoms with Crippen LogP contribution in [0.25, 0.3) is 0 Å². The predicted octanol–water partition coefficient (Wildman–Crippen LogP) is 3.80. The van der Waals surface area contributed by atoms with Crippen LogP contribution in [0.1, 0.15) is 43.0 Å². The fourth-order valence-corrected chi connectivity index (χ4v) is 2.44. The second kappa shape index (κ2) is 8.38. The first-order valence-electron chi connectivity index (χ1n) is 8.21. The van der Waals surface area contributed by atoms with Crippen LogP contribution >= 0.6 is 0 Å². The summed E-state index contributed by atoms with van der Waals surface area (Å²) >= 11 is 0. The molecule has 1 amide bonds. The van der Waals surface area contributed by atoms with Crippen LogP contribution in [0, 0.1) is 12.7 Å². The molecule has 1 aromatic carbocycles. The topological polar surface area (TPSA) is 58.1 Å². The number of amides is 1. The van der Waals surface area contributed by atoms with Crippen LogP contribution in [0.15, 0.2) is 30.3 Å². The normalized spacial score (nSPS) is 10.5. The van der Waals surface area contributed by atoms with Crippen molar-refractivity contribution >= 4 is 17.4 Å². The van der Waals surface area contributed by atoms with Crippen molar-refractivity contribution in [3.05, 3.63) is 47.7 Å². The van der Waals surface area contributed by atoms with Crippen LogP contribution in [-0.4, -0.2) is 29.0 Å². The van der Waals surface area contributed by atoms with Crippen molar-refractivity contribution < 1.29 is 9.18 Å². The Hall–Kier alpha value is -2.50. The van der Waals surface area contributed by atoms with E-state index in [1.165, 1.54) is 24.3 Å². The zero-order valence-electron chi connectivity index (χ0n) is 14.3. The summed E-state index contributed by atoms with van der Waals surface area (Å²) in [4.78, 5) is 23.3. The number of aryl methyl sites for hydroxylation is 1. The van der Waals surface area contributed by atoms with Crippen LogP contribution < -0.4 is 10.2 Å². The number of carbonyl (C=O) groups excluding carboxylic acids is 1. The summed E-state index contributed by atoms with van der Waals surface area (Å²) in [5.74, 6) is 0.633. The van der Waals surface area contributed by atoms with E-state index in [9.17, 15) is 9.18 Å². The maximum absolute atomic E-state index is 12.9. The zero-order chi connectivity index (χ0) is 17.5. The largest absolute Gasteiger partial charge is 0.357 e. The lowest BCUT2D eigenvalue weighted by Gasteiger charge is -2.23. The number of benzene rings is 1. The first-order valence-corrected chi connectivity index (χ1v) is 8.21. The molecular weight excluding hydrogens is 307 g/mol. The summed E-state index contributed by atoms with van der Waals surface area (Å²) in [6.07, 6.45) is 2.00. The Morgan fingerprint density at radius 1 is 1.12 bits per heavy atom. The lowest BCUT2D eigenvalue weighted by atomic mass is 10.2. The van der Waals surface area contributed by atoms with Crippen LogP contribution in [0.3, 0.4) is 0 Å². The molecular formula is C18H23FN4O. The third-order valence-electron chi connectivity index (χ3n) is 3.47. The number of nitrogens with one attached hydrogen (secondary N) is 1. The maximum Gasteiger partial charge on any atom is 0.274 e. The van der Waals surface area contributed by atoms with Crippen LogP contribution in [0.2, 0.25) is 0 Å². The van der Waals surface area contributed by atoms with Gasteiger partial charge in [0.15, 0.2) is 0 Å². The molecule has 5 nitrogen and oxygen atoms in total. The molecule has 0 radical (unpaired) electrons. The number of nitrogens with zero attached hydrogens (tertiary/aromatic N) is 3. The smallest absolute Gasteiger partial charge is 0.274 e. The molecule has 0 bridgehead atoms. The van der Waals surface area contributed by atoms with Gasteiger partial charge in [0.25, 0.3) is 5.91 Å². The van der Waals surface area contributed by atoms with E-state index >= 15 is 0 Å². The highest BCUT2D eigenvalue weighted by Crippen LogP contribution is 2.16. The number of rotatable bonds is 7. The van der Waals surface area contributed by atoms with Gasteiger partial charge in [-0.25, -0.2) is 14.4 Å².